The number of hydrogen-bond acceptors (Lipinski definition) is 4. The van der Waals surface area contributed by atoms with Crippen LogP contribution in [-0.4, -0.2) is 30.6 Å². The van der Waals surface area contributed by atoms with Crippen molar-refractivity contribution < 1.29 is 18.5 Å². The van der Waals surface area contributed by atoms with E-state index in [-0.39, 0.29) is 5.91 Å². The van der Waals surface area contributed by atoms with Gasteiger partial charge in [-0.15, -0.1) is 0 Å². The van der Waals surface area contributed by atoms with Gasteiger partial charge in [-0.3, -0.25) is 9.00 Å². The number of carbonyl (C=O) groups excluding carboxylic acids is 1. The summed E-state index contributed by atoms with van der Waals surface area (Å²) in [6.07, 6.45) is 1.65. The maximum atomic E-state index is 12.4. The van der Waals surface area contributed by atoms with Gasteiger partial charge in [-0.25, -0.2) is 0 Å². The van der Waals surface area contributed by atoms with Gasteiger partial charge < -0.3 is 14.8 Å². The Morgan fingerprint density at radius 3 is 2.30 bits per heavy atom. The zero-order valence-corrected chi connectivity index (χ0v) is 14.1. The van der Waals surface area contributed by atoms with Crippen LogP contribution in [0.5, 0.6) is 11.5 Å². The molecule has 0 aliphatic carbocycles. The molecule has 2 rings (SSSR count). The van der Waals surface area contributed by atoms with Gasteiger partial charge in [0.25, 0.3) is 5.91 Å². The van der Waals surface area contributed by atoms with Crippen LogP contribution in [-0.2, 0) is 16.6 Å². The standard InChI is InChI=1S/C17H19NO4S/c1-21-15-8-13(9-16(10-15)22-2)17(19)18-14-6-4-5-12(7-14)11-23(3)20/h4-10H,11H2,1-3H3,(H,18,19). The van der Waals surface area contributed by atoms with E-state index in [2.05, 4.69) is 5.32 Å². The van der Waals surface area contributed by atoms with Crippen molar-refractivity contribution in [2.45, 2.75) is 5.75 Å². The predicted octanol–water partition coefficient (Wildman–Crippen LogP) is 2.83. The Morgan fingerprint density at radius 1 is 1.09 bits per heavy atom. The number of rotatable bonds is 6. The van der Waals surface area contributed by atoms with Gasteiger partial charge in [0, 0.05) is 40.1 Å². The molecule has 5 nitrogen and oxygen atoms in total. The molecule has 0 heterocycles. The summed E-state index contributed by atoms with van der Waals surface area (Å²) in [5, 5.41) is 2.83. The quantitative estimate of drug-likeness (QED) is 0.883. The lowest BCUT2D eigenvalue weighted by Crippen LogP contribution is -2.12. The van der Waals surface area contributed by atoms with Crippen molar-refractivity contribution in [2.75, 3.05) is 25.8 Å². The summed E-state index contributed by atoms with van der Waals surface area (Å²) < 4.78 is 21.6. The fraction of sp³-hybridized carbons (Fsp3) is 0.235. The molecule has 1 unspecified atom stereocenters. The van der Waals surface area contributed by atoms with Gasteiger partial charge in [0.15, 0.2) is 0 Å². The first-order valence-electron chi connectivity index (χ1n) is 6.95. The fourth-order valence-electron chi connectivity index (χ4n) is 2.12. The summed E-state index contributed by atoms with van der Waals surface area (Å²) >= 11 is 0. The smallest absolute Gasteiger partial charge is 0.255 e. The van der Waals surface area contributed by atoms with Crippen molar-refractivity contribution in [3.05, 3.63) is 53.6 Å². The molecule has 0 saturated heterocycles. The molecular weight excluding hydrogens is 314 g/mol. The Labute approximate surface area is 138 Å². The van der Waals surface area contributed by atoms with E-state index >= 15 is 0 Å². The van der Waals surface area contributed by atoms with Crippen LogP contribution in [0.2, 0.25) is 0 Å². The SMILES string of the molecule is COc1cc(OC)cc(C(=O)Nc2cccc(CS(C)=O)c2)c1. The minimum atomic E-state index is -0.928. The molecule has 0 radical (unpaired) electrons. The van der Waals surface area contributed by atoms with Crippen molar-refractivity contribution in [3.8, 4) is 11.5 Å². The topological polar surface area (TPSA) is 64.6 Å². The van der Waals surface area contributed by atoms with E-state index < -0.39 is 10.8 Å². The van der Waals surface area contributed by atoms with E-state index in [0.717, 1.165) is 5.56 Å². The van der Waals surface area contributed by atoms with E-state index in [9.17, 15) is 9.00 Å². The number of anilines is 1. The van der Waals surface area contributed by atoms with E-state index in [1.807, 2.05) is 18.2 Å². The van der Waals surface area contributed by atoms with Crippen LogP contribution in [0.25, 0.3) is 0 Å². The first-order chi connectivity index (χ1) is 11.0. The zero-order chi connectivity index (χ0) is 16.8. The molecule has 0 spiro atoms. The summed E-state index contributed by atoms with van der Waals surface area (Å²) in [6, 6.07) is 12.3. The normalized spacial score (nSPS) is 11.6. The molecular formula is C17H19NO4S. The van der Waals surface area contributed by atoms with Gasteiger partial charge in [-0.05, 0) is 29.8 Å². The summed E-state index contributed by atoms with van der Waals surface area (Å²) in [4.78, 5) is 12.4. The Kier molecular flexibility index (Phi) is 5.76. The summed E-state index contributed by atoms with van der Waals surface area (Å²) in [7, 11) is 2.14. The van der Waals surface area contributed by atoms with Gasteiger partial charge in [0.1, 0.15) is 11.5 Å². The molecule has 0 aromatic heterocycles. The molecule has 23 heavy (non-hydrogen) atoms. The molecule has 0 bridgehead atoms. The number of carbonyl (C=O) groups is 1. The highest BCUT2D eigenvalue weighted by Gasteiger charge is 2.10. The monoisotopic (exact) mass is 333 g/mol. The summed E-state index contributed by atoms with van der Waals surface area (Å²) in [5.74, 6) is 1.28. The number of methoxy groups -OCH3 is 2. The lowest BCUT2D eigenvalue weighted by atomic mass is 10.1. The third-order valence-electron chi connectivity index (χ3n) is 3.17. The largest absolute Gasteiger partial charge is 0.497 e. The highest BCUT2D eigenvalue weighted by atomic mass is 32.2. The zero-order valence-electron chi connectivity index (χ0n) is 13.3. The van der Waals surface area contributed by atoms with Crippen molar-refractivity contribution in [3.63, 3.8) is 0 Å². The lowest BCUT2D eigenvalue weighted by Gasteiger charge is -2.10. The number of ether oxygens (including phenoxy) is 2. The van der Waals surface area contributed by atoms with Crippen molar-refractivity contribution in [2.24, 2.45) is 0 Å². The minimum Gasteiger partial charge on any atom is -0.497 e. The van der Waals surface area contributed by atoms with E-state index in [1.54, 1.807) is 30.5 Å². The van der Waals surface area contributed by atoms with Crippen LogP contribution in [0.1, 0.15) is 15.9 Å². The third-order valence-corrected chi connectivity index (χ3v) is 3.91. The molecule has 1 N–H and O–H groups in total. The fourth-order valence-corrected chi connectivity index (χ4v) is 2.76. The van der Waals surface area contributed by atoms with E-state index in [0.29, 0.717) is 28.5 Å². The van der Waals surface area contributed by atoms with Gasteiger partial charge in [-0.2, -0.15) is 0 Å². The maximum Gasteiger partial charge on any atom is 0.255 e. The minimum absolute atomic E-state index is 0.267. The van der Waals surface area contributed by atoms with Crippen LogP contribution in [0.15, 0.2) is 42.5 Å². The average molecular weight is 333 g/mol. The molecule has 6 heteroatoms. The second-order valence-electron chi connectivity index (χ2n) is 4.97. The second-order valence-corrected chi connectivity index (χ2v) is 6.41. The molecule has 1 amide bonds. The molecule has 122 valence electrons. The molecule has 2 aromatic rings. The first-order valence-corrected chi connectivity index (χ1v) is 8.68. The average Bonchev–Trinajstić information content (AvgIpc) is 2.54. The molecule has 2 aromatic carbocycles. The van der Waals surface area contributed by atoms with Gasteiger partial charge >= 0.3 is 0 Å². The number of amides is 1. The van der Waals surface area contributed by atoms with Crippen LogP contribution in [0, 0.1) is 0 Å². The third kappa shape index (κ3) is 4.82. The van der Waals surface area contributed by atoms with Gasteiger partial charge in [-0.1, -0.05) is 12.1 Å². The van der Waals surface area contributed by atoms with Crippen LogP contribution in [0.4, 0.5) is 5.69 Å². The molecule has 0 fully saturated rings. The molecule has 0 aliphatic rings. The Hall–Kier alpha value is -2.34. The van der Waals surface area contributed by atoms with Crippen LogP contribution < -0.4 is 14.8 Å². The molecule has 1 atom stereocenters. The van der Waals surface area contributed by atoms with E-state index in [4.69, 9.17) is 9.47 Å². The summed E-state index contributed by atoms with van der Waals surface area (Å²) in [5.41, 5.74) is 2.00. The van der Waals surface area contributed by atoms with Crippen molar-refractivity contribution in [1.82, 2.24) is 0 Å². The van der Waals surface area contributed by atoms with Crippen molar-refractivity contribution in [1.29, 1.82) is 0 Å². The van der Waals surface area contributed by atoms with Gasteiger partial charge in [0.05, 0.1) is 14.2 Å². The predicted molar refractivity (Wildman–Crippen MR) is 91.7 cm³/mol. The number of benzene rings is 2. The highest BCUT2D eigenvalue weighted by molar-refractivity contribution is 7.83. The second kappa shape index (κ2) is 7.78. The maximum absolute atomic E-state index is 12.4. The Bertz CT molecular complexity index is 708. The number of nitrogens with one attached hydrogen (secondary N) is 1. The molecule has 0 aliphatic heterocycles. The lowest BCUT2D eigenvalue weighted by molar-refractivity contribution is 0.102. The Morgan fingerprint density at radius 2 is 1.74 bits per heavy atom. The molecule has 0 saturated carbocycles. The Balaban J connectivity index is 2.20. The van der Waals surface area contributed by atoms with Crippen LogP contribution >= 0.6 is 0 Å². The van der Waals surface area contributed by atoms with Gasteiger partial charge in [0.2, 0.25) is 0 Å². The highest BCUT2D eigenvalue weighted by Crippen LogP contribution is 2.23. The number of hydrogen-bond donors (Lipinski definition) is 1. The van der Waals surface area contributed by atoms with Crippen molar-refractivity contribution >= 4 is 22.4 Å². The van der Waals surface area contributed by atoms with Crippen LogP contribution in [0.3, 0.4) is 0 Å². The summed E-state index contributed by atoms with van der Waals surface area (Å²) in [6.45, 7) is 0. The van der Waals surface area contributed by atoms with E-state index in [1.165, 1.54) is 14.2 Å². The first kappa shape index (κ1) is 17.0.